The molecule has 2 aromatic rings. The smallest absolute Gasteiger partial charge is 0.223 e. The van der Waals surface area contributed by atoms with Gasteiger partial charge in [0.1, 0.15) is 18.0 Å². The maximum atomic E-state index is 12.7. The van der Waals surface area contributed by atoms with Crippen LogP contribution in [0, 0.1) is 0 Å². The lowest BCUT2D eigenvalue weighted by atomic mass is 9.93. The molecule has 1 atom stereocenters. The summed E-state index contributed by atoms with van der Waals surface area (Å²) in [6.07, 6.45) is 3.14. The Morgan fingerprint density at radius 1 is 1.08 bits per heavy atom. The van der Waals surface area contributed by atoms with Crippen molar-refractivity contribution in [1.29, 1.82) is 0 Å². The summed E-state index contributed by atoms with van der Waals surface area (Å²) < 4.78 is 11.8. The zero-order valence-electron chi connectivity index (χ0n) is 15.4. The van der Waals surface area contributed by atoms with Crippen molar-refractivity contribution in [3.8, 4) is 5.75 Å². The number of likely N-dealkylation sites (tertiary alicyclic amines) is 1. The zero-order valence-corrected chi connectivity index (χ0v) is 15.4. The van der Waals surface area contributed by atoms with Crippen LogP contribution < -0.4 is 4.74 Å². The largest absolute Gasteiger partial charge is 0.491 e. The highest BCUT2D eigenvalue weighted by Gasteiger charge is 2.38. The number of ether oxygens (including phenoxy) is 2. The first kappa shape index (κ1) is 18.5. The van der Waals surface area contributed by atoms with Crippen molar-refractivity contribution in [1.82, 2.24) is 4.90 Å². The fraction of sp³-hybridized carbons (Fsp3) is 0.409. The summed E-state index contributed by atoms with van der Waals surface area (Å²) in [7, 11) is 1.71. The fourth-order valence-corrected chi connectivity index (χ4v) is 3.44. The summed E-state index contributed by atoms with van der Waals surface area (Å²) in [4.78, 5) is 14.6. The maximum Gasteiger partial charge on any atom is 0.223 e. The van der Waals surface area contributed by atoms with Gasteiger partial charge in [0, 0.05) is 20.1 Å². The Hall–Kier alpha value is -2.33. The Bertz CT molecular complexity index is 689. The number of methoxy groups -OCH3 is 1. The Morgan fingerprint density at radius 2 is 1.77 bits per heavy atom. The van der Waals surface area contributed by atoms with Crippen LogP contribution in [-0.2, 0) is 16.0 Å². The molecular formula is C22H27NO3. The summed E-state index contributed by atoms with van der Waals surface area (Å²) in [5, 5.41) is 0. The third-order valence-electron chi connectivity index (χ3n) is 5.04. The molecule has 26 heavy (non-hydrogen) atoms. The number of piperidine rings is 1. The van der Waals surface area contributed by atoms with E-state index >= 15 is 0 Å². The van der Waals surface area contributed by atoms with E-state index < -0.39 is 5.60 Å². The van der Waals surface area contributed by atoms with E-state index in [2.05, 4.69) is 12.1 Å². The van der Waals surface area contributed by atoms with Crippen LogP contribution in [0.2, 0.25) is 0 Å². The third kappa shape index (κ3) is 4.85. The Kier molecular flexibility index (Phi) is 6.29. The molecule has 1 unspecified atom stereocenters. The van der Waals surface area contributed by atoms with E-state index in [1.807, 2.05) is 53.4 Å². The number of carbonyl (C=O) groups is 1. The zero-order chi connectivity index (χ0) is 18.2. The molecule has 4 heteroatoms. The number of hydrogen-bond donors (Lipinski definition) is 0. The first-order valence-corrected chi connectivity index (χ1v) is 9.25. The highest BCUT2D eigenvalue weighted by molar-refractivity contribution is 5.76. The van der Waals surface area contributed by atoms with Gasteiger partial charge < -0.3 is 14.4 Å². The molecule has 1 aliphatic rings. The molecule has 3 rings (SSSR count). The predicted molar refractivity (Wildman–Crippen MR) is 102 cm³/mol. The first-order valence-electron chi connectivity index (χ1n) is 9.25. The Balaban J connectivity index is 1.56. The van der Waals surface area contributed by atoms with E-state index in [-0.39, 0.29) is 5.91 Å². The minimum atomic E-state index is -0.434. The van der Waals surface area contributed by atoms with E-state index in [0.29, 0.717) is 19.6 Å². The number of benzene rings is 2. The molecule has 1 saturated heterocycles. The second-order valence-electron chi connectivity index (χ2n) is 6.89. The summed E-state index contributed by atoms with van der Waals surface area (Å²) in [5.74, 6) is 1.02. The summed E-state index contributed by atoms with van der Waals surface area (Å²) in [6.45, 7) is 1.84. The molecule has 1 heterocycles. The highest BCUT2D eigenvalue weighted by Crippen LogP contribution is 2.26. The number of amides is 1. The maximum absolute atomic E-state index is 12.7. The lowest BCUT2D eigenvalue weighted by molar-refractivity contribution is -0.143. The lowest BCUT2D eigenvalue weighted by Crippen LogP contribution is -2.54. The van der Waals surface area contributed by atoms with E-state index in [4.69, 9.17) is 9.47 Å². The Morgan fingerprint density at radius 3 is 2.46 bits per heavy atom. The van der Waals surface area contributed by atoms with Crippen LogP contribution >= 0.6 is 0 Å². The minimum absolute atomic E-state index is 0.190. The minimum Gasteiger partial charge on any atom is -0.491 e. The normalized spacial score (nSPS) is 20.0. The highest BCUT2D eigenvalue weighted by atomic mass is 16.5. The molecule has 0 aliphatic carbocycles. The third-order valence-corrected chi connectivity index (χ3v) is 5.04. The van der Waals surface area contributed by atoms with E-state index in [0.717, 1.165) is 31.6 Å². The van der Waals surface area contributed by atoms with E-state index in [1.165, 1.54) is 5.56 Å². The van der Waals surface area contributed by atoms with Crippen molar-refractivity contribution in [2.24, 2.45) is 0 Å². The van der Waals surface area contributed by atoms with Crippen molar-refractivity contribution < 1.29 is 14.3 Å². The quantitative estimate of drug-likeness (QED) is 0.762. The molecule has 1 aliphatic heterocycles. The van der Waals surface area contributed by atoms with Gasteiger partial charge in [-0.2, -0.15) is 0 Å². The van der Waals surface area contributed by atoms with Crippen LogP contribution in [0.15, 0.2) is 60.7 Å². The average molecular weight is 353 g/mol. The number of hydrogen-bond acceptors (Lipinski definition) is 3. The van der Waals surface area contributed by atoms with Gasteiger partial charge in [-0.05, 0) is 37.0 Å². The Labute approximate surface area is 155 Å². The molecule has 0 radical (unpaired) electrons. The average Bonchev–Trinajstić information content (AvgIpc) is 2.72. The van der Waals surface area contributed by atoms with Crippen molar-refractivity contribution >= 4 is 5.91 Å². The van der Waals surface area contributed by atoms with Gasteiger partial charge in [0.05, 0.1) is 6.54 Å². The van der Waals surface area contributed by atoms with E-state index in [9.17, 15) is 4.79 Å². The molecule has 0 N–H and O–H groups in total. The molecule has 0 aromatic heterocycles. The monoisotopic (exact) mass is 353 g/mol. The molecule has 4 nitrogen and oxygen atoms in total. The molecule has 138 valence electrons. The van der Waals surface area contributed by atoms with Gasteiger partial charge in [0.15, 0.2) is 0 Å². The fourth-order valence-electron chi connectivity index (χ4n) is 3.44. The van der Waals surface area contributed by atoms with Crippen LogP contribution in [0.3, 0.4) is 0 Å². The SMILES string of the molecule is COC1(COc2ccccc2)CCCN(C(=O)CCc2ccccc2)C1. The molecule has 0 bridgehead atoms. The van der Waals surface area contributed by atoms with Crippen LogP contribution in [0.1, 0.15) is 24.8 Å². The standard InChI is InChI=1S/C22H27NO3/c1-25-22(18-26-20-11-6-3-7-12-20)15-8-16-23(17-22)21(24)14-13-19-9-4-2-5-10-19/h2-7,9-12H,8,13-18H2,1H3. The lowest BCUT2D eigenvalue weighted by Gasteiger charge is -2.41. The molecule has 1 fully saturated rings. The second kappa shape index (κ2) is 8.86. The predicted octanol–water partition coefficient (Wildman–Crippen LogP) is 3.71. The molecule has 1 amide bonds. The van der Waals surface area contributed by atoms with Gasteiger partial charge >= 0.3 is 0 Å². The van der Waals surface area contributed by atoms with Crippen LogP contribution in [0.4, 0.5) is 0 Å². The van der Waals surface area contributed by atoms with Gasteiger partial charge in [0.25, 0.3) is 0 Å². The van der Waals surface area contributed by atoms with Crippen LogP contribution in [0.5, 0.6) is 5.75 Å². The number of aryl methyl sites for hydroxylation is 1. The van der Waals surface area contributed by atoms with Gasteiger partial charge in [-0.1, -0.05) is 48.5 Å². The van der Waals surface area contributed by atoms with Gasteiger partial charge in [-0.3, -0.25) is 4.79 Å². The number of carbonyl (C=O) groups excluding carboxylic acids is 1. The van der Waals surface area contributed by atoms with Gasteiger partial charge in [-0.25, -0.2) is 0 Å². The van der Waals surface area contributed by atoms with Crippen molar-refractivity contribution in [3.05, 3.63) is 66.2 Å². The van der Waals surface area contributed by atoms with Crippen molar-refractivity contribution in [2.75, 3.05) is 26.8 Å². The van der Waals surface area contributed by atoms with Gasteiger partial charge in [-0.15, -0.1) is 0 Å². The summed E-state index contributed by atoms with van der Waals surface area (Å²) >= 11 is 0. The first-order chi connectivity index (χ1) is 12.7. The van der Waals surface area contributed by atoms with Gasteiger partial charge in [0.2, 0.25) is 5.91 Å². The molecule has 0 saturated carbocycles. The number of rotatable bonds is 7. The van der Waals surface area contributed by atoms with Crippen molar-refractivity contribution in [3.63, 3.8) is 0 Å². The van der Waals surface area contributed by atoms with Crippen LogP contribution in [-0.4, -0.2) is 43.2 Å². The van der Waals surface area contributed by atoms with E-state index in [1.54, 1.807) is 7.11 Å². The summed E-state index contributed by atoms with van der Waals surface area (Å²) in [6, 6.07) is 19.9. The topological polar surface area (TPSA) is 38.8 Å². The van der Waals surface area contributed by atoms with Crippen molar-refractivity contribution in [2.45, 2.75) is 31.3 Å². The number of nitrogens with zero attached hydrogens (tertiary/aromatic N) is 1. The second-order valence-corrected chi connectivity index (χ2v) is 6.89. The number of para-hydroxylation sites is 1. The molecular weight excluding hydrogens is 326 g/mol. The molecule has 2 aromatic carbocycles. The summed E-state index contributed by atoms with van der Waals surface area (Å²) in [5.41, 5.74) is 0.763. The van der Waals surface area contributed by atoms with Crippen LogP contribution in [0.25, 0.3) is 0 Å². The molecule has 0 spiro atoms.